The Morgan fingerprint density at radius 2 is 1.64 bits per heavy atom. The third kappa shape index (κ3) is 4.27. The van der Waals surface area contributed by atoms with Crippen LogP contribution in [0.2, 0.25) is 0 Å². The van der Waals surface area contributed by atoms with Gasteiger partial charge in [0, 0.05) is 24.3 Å². The number of halogens is 1. The van der Waals surface area contributed by atoms with Gasteiger partial charge in [-0.2, -0.15) is 0 Å². The third-order valence-electron chi connectivity index (χ3n) is 6.86. The SMILES string of the molecule is Cc1ccc(Nc2c(-c3ccc(F)cc3)nc3n2CCN(C(C)(O)C(C)(CO)CO)C3)cc1. The normalized spacial score (nSPS) is 16.3. The molecule has 0 spiro atoms. The van der Waals surface area contributed by atoms with E-state index in [2.05, 4.69) is 9.88 Å². The van der Waals surface area contributed by atoms with E-state index in [0.717, 1.165) is 28.5 Å². The molecule has 1 aliphatic rings. The number of anilines is 2. The Bertz CT molecular complexity index is 1110. The molecule has 1 aliphatic heterocycles. The summed E-state index contributed by atoms with van der Waals surface area (Å²) < 4.78 is 15.6. The predicted molar refractivity (Wildman–Crippen MR) is 125 cm³/mol. The number of rotatable bonds is 7. The summed E-state index contributed by atoms with van der Waals surface area (Å²) in [4.78, 5) is 6.69. The minimum absolute atomic E-state index is 0.315. The molecule has 3 aromatic rings. The second kappa shape index (κ2) is 8.87. The van der Waals surface area contributed by atoms with Crippen LogP contribution < -0.4 is 5.32 Å². The minimum Gasteiger partial charge on any atom is -0.396 e. The fourth-order valence-corrected chi connectivity index (χ4v) is 4.14. The lowest BCUT2D eigenvalue weighted by Crippen LogP contribution is -2.61. The molecule has 4 rings (SSSR count). The molecule has 4 N–H and O–H groups in total. The molecule has 2 aromatic carbocycles. The first kappa shape index (κ1) is 23.4. The van der Waals surface area contributed by atoms with E-state index in [1.807, 2.05) is 36.1 Å². The molecule has 0 amide bonds. The molecule has 33 heavy (non-hydrogen) atoms. The van der Waals surface area contributed by atoms with Crippen molar-refractivity contribution in [2.45, 2.75) is 39.6 Å². The molecular formula is C25H31FN4O3. The maximum absolute atomic E-state index is 13.6. The Balaban J connectivity index is 1.74. The van der Waals surface area contributed by atoms with Crippen molar-refractivity contribution in [1.82, 2.24) is 14.5 Å². The summed E-state index contributed by atoms with van der Waals surface area (Å²) in [5.74, 6) is 1.21. The monoisotopic (exact) mass is 454 g/mol. The van der Waals surface area contributed by atoms with E-state index in [1.165, 1.54) is 12.1 Å². The number of fused-ring (bicyclic) bond motifs is 1. The van der Waals surface area contributed by atoms with E-state index in [-0.39, 0.29) is 19.0 Å². The molecule has 0 aliphatic carbocycles. The molecule has 176 valence electrons. The standard InChI is InChI=1S/C25H31FN4O3/c1-17-4-10-20(11-5-17)27-23-22(18-6-8-19(26)9-7-18)28-21-14-29(12-13-30(21)23)25(3,33)24(2,15-31)16-32/h4-11,27,31-33H,12-16H2,1-3H3. The fraction of sp³-hybridized carbons (Fsp3) is 0.400. The highest BCUT2D eigenvalue weighted by molar-refractivity contribution is 5.76. The van der Waals surface area contributed by atoms with E-state index in [0.29, 0.717) is 25.3 Å². The molecule has 2 heterocycles. The summed E-state index contributed by atoms with van der Waals surface area (Å²) in [6.45, 7) is 5.95. The topological polar surface area (TPSA) is 93.8 Å². The van der Waals surface area contributed by atoms with Gasteiger partial charge in [0.2, 0.25) is 0 Å². The molecule has 0 saturated carbocycles. The van der Waals surface area contributed by atoms with Crippen LogP contribution in [0.1, 0.15) is 25.2 Å². The van der Waals surface area contributed by atoms with Gasteiger partial charge in [0.1, 0.15) is 28.9 Å². The van der Waals surface area contributed by atoms with Gasteiger partial charge < -0.3 is 25.2 Å². The second-order valence-electron chi connectivity index (χ2n) is 9.19. The van der Waals surface area contributed by atoms with Crippen LogP contribution in [0.4, 0.5) is 15.9 Å². The fourth-order valence-electron chi connectivity index (χ4n) is 4.14. The number of aliphatic hydroxyl groups is 3. The van der Waals surface area contributed by atoms with Crippen LogP contribution in [0.15, 0.2) is 48.5 Å². The number of hydrogen-bond acceptors (Lipinski definition) is 6. The van der Waals surface area contributed by atoms with E-state index in [9.17, 15) is 19.7 Å². The lowest BCUT2D eigenvalue weighted by molar-refractivity contribution is -0.210. The van der Waals surface area contributed by atoms with Crippen molar-refractivity contribution in [1.29, 1.82) is 0 Å². The molecule has 1 atom stereocenters. The van der Waals surface area contributed by atoms with Gasteiger partial charge in [0.15, 0.2) is 0 Å². The maximum Gasteiger partial charge on any atom is 0.138 e. The van der Waals surface area contributed by atoms with Gasteiger partial charge in [0.25, 0.3) is 0 Å². The Kier molecular flexibility index (Phi) is 6.28. The minimum atomic E-state index is -1.45. The average Bonchev–Trinajstić information content (AvgIpc) is 3.17. The van der Waals surface area contributed by atoms with Crippen molar-refractivity contribution in [3.63, 3.8) is 0 Å². The van der Waals surface area contributed by atoms with E-state index >= 15 is 0 Å². The molecule has 0 bridgehead atoms. The van der Waals surface area contributed by atoms with Crippen molar-refractivity contribution in [3.8, 4) is 11.3 Å². The lowest BCUT2D eigenvalue weighted by atomic mass is 9.80. The van der Waals surface area contributed by atoms with Crippen LogP contribution in [0.25, 0.3) is 11.3 Å². The van der Waals surface area contributed by atoms with E-state index < -0.39 is 11.1 Å². The molecule has 0 fully saturated rings. The highest BCUT2D eigenvalue weighted by atomic mass is 19.1. The Morgan fingerprint density at radius 1 is 1.00 bits per heavy atom. The van der Waals surface area contributed by atoms with Crippen LogP contribution in [-0.2, 0) is 13.1 Å². The second-order valence-corrected chi connectivity index (χ2v) is 9.19. The van der Waals surface area contributed by atoms with Crippen LogP contribution in [-0.4, -0.2) is 55.3 Å². The summed E-state index contributed by atoms with van der Waals surface area (Å²) in [5, 5.41) is 34.4. The van der Waals surface area contributed by atoms with Gasteiger partial charge >= 0.3 is 0 Å². The highest BCUT2D eigenvalue weighted by Gasteiger charge is 2.48. The first-order chi connectivity index (χ1) is 15.7. The molecule has 8 heteroatoms. The molecule has 0 saturated heterocycles. The summed E-state index contributed by atoms with van der Waals surface area (Å²) in [6, 6.07) is 14.3. The summed E-state index contributed by atoms with van der Waals surface area (Å²) in [6.07, 6.45) is 0. The zero-order valence-corrected chi connectivity index (χ0v) is 19.2. The number of imidazole rings is 1. The summed E-state index contributed by atoms with van der Waals surface area (Å²) in [7, 11) is 0. The van der Waals surface area contributed by atoms with Crippen molar-refractivity contribution in [2.75, 3.05) is 25.1 Å². The number of aromatic nitrogens is 2. The smallest absolute Gasteiger partial charge is 0.138 e. The molecule has 7 nitrogen and oxygen atoms in total. The first-order valence-corrected chi connectivity index (χ1v) is 11.1. The first-order valence-electron chi connectivity index (χ1n) is 11.1. The van der Waals surface area contributed by atoms with Gasteiger partial charge in [-0.1, -0.05) is 24.6 Å². The van der Waals surface area contributed by atoms with Crippen molar-refractivity contribution in [2.24, 2.45) is 5.41 Å². The summed E-state index contributed by atoms with van der Waals surface area (Å²) >= 11 is 0. The Morgan fingerprint density at radius 3 is 2.24 bits per heavy atom. The van der Waals surface area contributed by atoms with Crippen LogP contribution >= 0.6 is 0 Å². The predicted octanol–water partition coefficient (Wildman–Crippen LogP) is 3.26. The van der Waals surface area contributed by atoms with E-state index in [1.54, 1.807) is 26.0 Å². The maximum atomic E-state index is 13.6. The average molecular weight is 455 g/mol. The molecule has 0 radical (unpaired) electrons. The lowest BCUT2D eigenvalue weighted by Gasteiger charge is -2.48. The van der Waals surface area contributed by atoms with Gasteiger partial charge in [0.05, 0.1) is 25.2 Å². The number of aliphatic hydroxyl groups excluding tert-OH is 2. The van der Waals surface area contributed by atoms with Gasteiger partial charge in [-0.15, -0.1) is 0 Å². The number of nitrogens with zero attached hydrogens (tertiary/aromatic N) is 3. The van der Waals surface area contributed by atoms with Gasteiger partial charge in [-0.25, -0.2) is 9.37 Å². The molecule has 1 unspecified atom stereocenters. The van der Waals surface area contributed by atoms with Crippen molar-refractivity contribution < 1.29 is 19.7 Å². The van der Waals surface area contributed by atoms with Gasteiger partial charge in [-0.3, -0.25) is 4.90 Å². The zero-order chi connectivity index (χ0) is 23.8. The van der Waals surface area contributed by atoms with E-state index in [4.69, 9.17) is 4.98 Å². The number of hydrogen-bond donors (Lipinski definition) is 4. The number of aryl methyl sites for hydroxylation is 1. The van der Waals surface area contributed by atoms with Crippen LogP contribution in [0, 0.1) is 18.2 Å². The summed E-state index contributed by atoms with van der Waals surface area (Å²) in [5.41, 5.74) is 0.984. The molecular weight excluding hydrogens is 423 g/mol. The van der Waals surface area contributed by atoms with Crippen LogP contribution in [0.3, 0.4) is 0 Å². The largest absolute Gasteiger partial charge is 0.396 e. The molecule has 1 aromatic heterocycles. The Labute approximate surface area is 193 Å². The van der Waals surface area contributed by atoms with Crippen LogP contribution in [0.5, 0.6) is 0 Å². The highest BCUT2D eigenvalue weighted by Crippen LogP contribution is 2.38. The zero-order valence-electron chi connectivity index (χ0n) is 19.2. The number of benzene rings is 2. The number of nitrogens with one attached hydrogen (secondary N) is 1. The van der Waals surface area contributed by atoms with Crippen molar-refractivity contribution >= 4 is 11.5 Å². The van der Waals surface area contributed by atoms with Crippen molar-refractivity contribution in [3.05, 3.63) is 65.7 Å². The quantitative estimate of drug-likeness (QED) is 0.438. The third-order valence-corrected chi connectivity index (χ3v) is 6.86. The Hall–Kier alpha value is -2.78. The van der Waals surface area contributed by atoms with Gasteiger partial charge in [-0.05, 0) is 50.2 Å².